The van der Waals surface area contributed by atoms with E-state index < -0.39 is 0 Å². The Morgan fingerprint density at radius 2 is 1.53 bits per heavy atom. The second-order valence-electron chi connectivity index (χ2n) is 3.32. The first-order chi connectivity index (χ1) is 8.62. The van der Waals surface area contributed by atoms with Gasteiger partial charge in [0.1, 0.15) is 0 Å². The number of hydrogen-bond donors (Lipinski definition) is 3. The van der Waals surface area contributed by atoms with Crippen molar-refractivity contribution in [2.45, 2.75) is 27.7 Å². The van der Waals surface area contributed by atoms with Crippen LogP contribution in [-0.2, 0) is 21.7 Å². The Bertz CT molecular complexity index is 296. The first-order valence-electron chi connectivity index (χ1n) is 6.04. The molecule has 3 N–H and O–H groups in total. The quantitative estimate of drug-likeness (QED) is 0.517. The van der Waals surface area contributed by atoms with Crippen LogP contribution in [0.1, 0.15) is 25.2 Å². The van der Waals surface area contributed by atoms with Crippen molar-refractivity contribution in [2.24, 2.45) is 0 Å². The van der Waals surface area contributed by atoms with Gasteiger partial charge in [0.25, 0.3) is 0 Å². The molecular weight excluding hydrogens is 274 g/mol. The van der Waals surface area contributed by atoms with Crippen molar-refractivity contribution >= 4 is 0 Å². The van der Waals surface area contributed by atoms with E-state index in [0.29, 0.717) is 0 Å². The van der Waals surface area contributed by atoms with Crippen LogP contribution in [0.2, 0.25) is 0 Å². The Kier molecular flexibility index (Phi) is 24.1. The molecule has 1 aromatic carbocycles. The summed E-state index contributed by atoms with van der Waals surface area (Å²) in [5.41, 5.74) is 2.29. The molecular formula is C15H25NO2Ti. The number of aryl methyl sites for hydroxylation is 2. The van der Waals surface area contributed by atoms with Gasteiger partial charge in [-0.1, -0.05) is 12.6 Å². The fraction of sp³-hybridized carbons (Fsp3) is 0.400. The monoisotopic (exact) mass is 299 g/mol. The van der Waals surface area contributed by atoms with E-state index in [4.69, 9.17) is 10.2 Å². The summed E-state index contributed by atoms with van der Waals surface area (Å²) in [6, 6.07) is 15.0. The van der Waals surface area contributed by atoms with Crippen LogP contribution in [0.25, 0.3) is 0 Å². The molecule has 0 unspecified atom stereocenters. The Morgan fingerprint density at radius 1 is 1.11 bits per heavy atom. The number of aromatic amines is 1. The average molecular weight is 299 g/mol. The molecule has 0 aliphatic carbocycles. The maximum Gasteiger partial charge on any atom is 2.00 e. The van der Waals surface area contributed by atoms with E-state index in [9.17, 15) is 0 Å². The summed E-state index contributed by atoms with van der Waals surface area (Å²) in [6.45, 7) is 7.87. The molecule has 4 heteroatoms. The summed E-state index contributed by atoms with van der Waals surface area (Å²) in [7, 11) is 0. The van der Waals surface area contributed by atoms with Crippen molar-refractivity contribution < 1.29 is 31.9 Å². The molecule has 0 atom stereocenters. The van der Waals surface area contributed by atoms with Gasteiger partial charge in [-0.3, -0.25) is 0 Å². The molecule has 1 aromatic heterocycles. The number of aromatic nitrogens is 1. The van der Waals surface area contributed by atoms with Crippen molar-refractivity contribution in [2.75, 3.05) is 13.2 Å². The first-order valence-corrected chi connectivity index (χ1v) is 6.04. The summed E-state index contributed by atoms with van der Waals surface area (Å²) in [5, 5.41) is 15.1. The molecule has 106 valence electrons. The zero-order valence-corrected chi connectivity index (χ0v) is 13.8. The summed E-state index contributed by atoms with van der Waals surface area (Å²) < 4.78 is 0. The van der Waals surface area contributed by atoms with E-state index in [1.807, 2.05) is 50.2 Å². The van der Waals surface area contributed by atoms with Gasteiger partial charge >= 0.3 is 21.7 Å². The molecule has 0 aliphatic rings. The first kappa shape index (κ1) is 23.4. The van der Waals surface area contributed by atoms with Crippen LogP contribution < -0.4 is 0 Å². The average Bonchev–Trinajstić information content (AvgIpc) is 2.95. The van der Waals surface area contributed by atoms with Crippen LogP contribution in [-0.4, -0.2) is 28.4 Å². The summed E-state index contributed by atoms with van der Waals surface area (Å²) in [4.78, 5) is 3.08. The van der Waals surface area contributed by atoms with E-state index in [2.05, 4.69) is 11.1 Å². The molecule has 0 bridgehead atoms. The smallest absolute Gasteiger partial charge is 0.456 e. The topological polar surface area (TPSA) is 56.2 Å². The van der Waals surface area contributed by atoms with E-state index in [-0.39, 0.29) is 34.9 Å². The summed E-state index contributed by atoms with van der Waals surface area (Å²) in [6.07, 6.45) is 0. The van der Waals surface area contributed by atoms with Crippen LogP contribution in [0.5, 0.6) is 0 Å². The number of aliphatic hydroxyl groups excluding tert-OH is 2. The second-order valence-corrected chi connectivity index (χ2v) is 3.32. The van der Waals surface area contributed by atoms with Crippen LogP contribution >= 0.6 is 0 Å². The molecule has 19 heavy (non-hydrogen) atoms. The van der Waals surface area contributed by atoms with E-state index in [1.54, 1.807) is 13.8 Å². The van der Waals surface area contributed by atoms with Gasteiger partial charge < -0.3 is 15.2 Å². The minimum Gasteiger partial charge on any atom is -0.456 e. The van der Waals surface area contributed by atoms with Gasteiger partial charge in [-0.15, -0.1) is 5.69 Å². The van der Waals surface area contributed by atoms with Crippen LogP contribution in [0.3, 0.4) is 0 Å². The number of rotatable bonds is 0. The van der Waals surface area contributed by atoms with Gasteiger partial charge in [0.2, 0.25) is 0 Å². The third-order valence-corrected chi connectivity index (χ3v) is 1.45. The van der Waals surface area contributed by atoms with E-state index in [0.717, 1.165) is 5.69 Å². The summed E-state index contributed by atoms with van der Waals surface area (Å²) >= 11 is 0. The third-order valence-electron chi connectivity index (χ3n) is 1.45. The Balaban J connectivity index is -0.000000190. The predicted molar refractivity (Wildman–Crippen MR) is 76.7 cm³/mol. The molecule has 3 nitrogen and oxygen atoms in total. The van der Waals surface area contributed by atoms with E-state index in [1.165, 1.54) is 5.69 Å². The van der Waals surface area contributed by atoms with Crippen molar-refractivity contribution in [3.8, 4) is 0 Å². The normalized spacial score (nSPS) is 7.47. The van der Waals surface area contributed by atoms with Gasteiger partial charge in [-0.25, -0.2) is 24.3 Å². The van der Waals surface area contributed by atoms with E-state index >= 15 is 0 Å². The predicted octanol–water partition coefficient (Wildman–Crippen LogP) is 2.83. The van der Waals surface area contributed by atoms with Crippen molar-refractivity contribution in [3.05, 3.63) is 53.9 Å². The molecule has 0 saturated carbocycles. The molecule has 1 heterocycles. The molecule has 0 fully saturated rings. The van der Waals surface area contributed by atoms with Crippen molar-refractivity contribution in [3.63, 3.8) is 0 Å². The molecule has 0 amide bonds. The number of H-pyrrole nitrogens is 1. The van der Waals surface area contributed by atoms with Gasteiger partial charge in [-0.05, 0) is 20.8 Å². The molecule has 0 radical (unpaired) electrons. The minimum absolute atomic E-state index is 0. The van der Waals surface area contributed by atoms with Gasteiger partial charge in [0.05, 0.1) is 0 Å². The molecule has 0 aliphatic heterocycles. The maximum absolute atomic E-state index is 7.57. The van der Waals surface area contributed by atoms with Crippen molar-refractivity contribution in [1.82, 2.24) is 4.98 Å². The SMILES string of the molecule is CCO.CCO.Cc1[c-]cc(C)[nH]1.[Ti+2].c1cc[cH-]c1. The fourth-order valence-corrected chi connectivity index (χ4v) is 0.905. The second kappa shape index (κ2) is 19.6. The third kappa shape index (κ3) is 22.9. The number of aliphatic hydroxyl groups is 2. The Labute approximate surface area is 131 Å². The van der Waals surface area contributed by atoms with Gasteiger partial charge in [0.15, 0.2) is 0 Å². The standard InChI is InChI=1S/C6H8N.C5H5.2C2H6O.Ti/c1-5-3-4-6(2)7-5;1-2-4-5-3-1;2*1-2-3;/h3,7H,1-2H3;1-5H;2*3H,2H2,1H3;/q2*-1;;;+2. The van der Waals surface area contributed by atoms with Gasteiger partial charge in [-0.2, -0.15) is 18.2 Å². The number of nitrogens with one attached hydrogen (secondary N) is 1. The zero-order valence-electron chi connectivity index (χ0n) is 12.3. The van der Waals surface area contributed by atoms with Gasteiger partial charge in [0, 0.05) is 13.2 Å². The maximum atomic E-state index is 7.57. The Morgan fingerprint density at radius 3 is 1.63 bits per heavy atom. The zero-order chi connectivity index (χ0) is 14.2. The largest absolute Gasteiger partial charge is 2.00 e. The Hall–Kier alpha value is -0.736. The van der Waals surface area contributed by atoms with Crippen molar-refractivity contribution in [1.29, 1.82) is 0 Å². The summed E-state index contributed by atoms with van der Waals surface area (Å²) in [5.74, 6) is 0. The number of hydrogen-bond acceptors (Lipinski definition) is 2. The van der Waals surface area contributed by atoms with Crippen LogP contribution in [0.4, 0.5) is 0 Å². The molecule has 0 saturated heterocycles. The molecule has 0 spiro atoms. The van der Waals surface area contributed by atoms with Crippen LogP contribution in [0.15, 0.2) is 36.4 Å². The minimum atomic E-state index is 0. The molecule has 2 rings (SSSR count). The van der Waals surface area contributed by atoms with Crippen LogP contribution in [0, 0.1) is 19.9 Å². The molecule has 2 aromatic rings. The fourth-order valence-electron chi connectivity index (χ4n) is 0.905.